The van der Waals surface area contributed by atoms with Crippen LogP contribution in [0, 0.1) is 5.92 Å². The van der Waals surface area contributed by atoms with Gasteiger partial charge in [-0.05, 0) is 51.0 Å². The van der Waals surface area contributed by atoms with E-state index in [-0.39, 0.29) is 37.3 Å². The fourth-order valence-corrected chi connectivity index (χ4v) is 3.87. The summed E-state index contributed by atoms with van der Waals surface area (Å²) in [5.74, 6) is -0.594. The molecule has 1 aliphatic heterocycles. The topological polar surface area (TPSA) is 151 Å². The Morgan fingerprint density at radius 2 is 1.91 bits per heavy atom. The molecule has 0 unspecified atom stereocenters. The van der Waals surface area contributed by atoms with Gasteiger partial charge in [-0.25, -0.2) is 9.59 Å². The summed E-state index contributed by atoms with van der Waals surface area (Å²) in [7, 11) is 0. The highest BCUT2D eigenvalue weighted by molar-refractivity contribution is 5.93. The van der Waals surface area contributed by atoms with Crippen LogP contribution in [0.4, 0.5) is 4.79 Å². The number of aliphatic hydroxyl groups excluding tert-OH is 1. The van der Waals surface area contributed by atoms with Crippen molar-refractivity contribution < 1.29 is 38.5 Å². The standard InChI is InChI=1S/C24H33N3O8/c1-3-31-20(29)13-19(21-33-16(2)34-21)35-27-22(25)24(11-9-17(14-28)10-12-24)26-23(30)32-15-18-7-5-4-6-8-18/h4-8,13,16-17,21,28H,3,9-12,14-15H2,1-2H3,(H2,25,27)(H,26,30)/b19-13-. The van der Waals surface area contributed by atoms with Gasteiger partial charge in [-0.1, -0.05) is 35.5 Å². The number of hydrogen-bond acceptors (Lipinski definition) is 9. The maximum atomic E-state index is 12.7. The third-order valence-corrected chi connectivity index (χ3v) is 5.92. The first-order valence-electron chi connectivity index (χ1n) is 11.6. The number of alkyl carbamates (subject to hydrolysis) is 1. The van der Waals surface area contributed by atoms with Crippen molar-refractivity contribution in [1.82, 2.24) is 5.32 Å². The molecule has 0 aromatic heterocycles. The predicted molar refractivity (Wildman–Crippen MR) is 124 cm³/mol. The lowest BCUT2D eigenvalue weighted by molar-refractivity contribution is -0.369. The van der Waals surface area contributed by atoms with Crippen LogP contribution >= 0.6 is 0 Å². The van der Waals surface area contributed by atoms with E-state index < -0.39 is 30.2 Å². The summed E-state index contributed by atoms with van der Waals surface area (Å²) in [6.45, 7) is 3.69. The van der Waals surface area contributed by atoms with Crippen molar-refractivity contribution in [3.63, 3.8) is 0 Å². The number of oxime groups is 1. The van der Waals surface area contributed by atoms with E-state index >= 15 is 0 Å². The van der Waals surface area contributed by atoms with E-state index in [4.69, 9.17) is 29.5 Å². The Bertz CT molecular complexity index is 907. The summed E-state index contributed by atoms with van der Waals surface area (Å²) < 4.78 is 21.1. The number of benzene rings is 1. The number of nitrogens with two attached hydrogens (primary N) is 1. The van der Waals surface area contributed by atoms with Crippen molar-refractivity contribution in [2.24, 2.45) is 16.8 Å². The Hall–Kier alpha value is -3.15. The lowest BCUT2D eigenvalue weighted by Gasteiger charge is -2.39. The fourth-order valence-electron chi connectivity index (χ4n) is 3.87. The molecule has 2 fully saturated rings. The van der Waals surface area contributed by atoms with Crippen LogP contribution in [-0.4, -0.2) is 54.3 Å². The minimum atomic E-state index is -1.05. The summed E-state index contributed by atoms with van der Waals surface area (Å²) in [6, 6.07) is 9.28. The molecule has 1 aliphatic carbocycles. The Morgan fingerprint density at radius 1 is 1.23 bits per heavy atom. The van der Waals surface area contributed by atoms with E-state index in [9.17, 15) is 14.7 Å². The monoisotopic (exact) mass is 491 g/mol. The summed E-state index contributed by atoms with van der Waals surface area (Å²) in [5.41, 5.74) is 6.11. The van der Waals surface area contributed by atoms with E-state index in [1.165, 1.54) is 0 Å². The molecule has 4 N–H and O–H groups in total. The predicted octanol–water partition coefficient (Wildman–Crippen LogP) is 2.29. The van der Waals surface area contributed by atoms with Gasteiger partial charge >= 0.3 is 12.1 Å². The second-order valence-corrected chi connectivity index (χ2v) is 8.43. The molecule has 11 heteroatoms. The molecule has 1 aromatic carbocycles. The van der Waals surface area contributed by atoms with Gasteiger partial charge in [0.15, 0.2) is 17.9 Å². The Labute approximate surface area is 204 Å². The Morgan fingerprint density at radius 3 is 2.51 bits per heavy atom. The number of aliphatic hydroxyl groups is 1. The molecule has 3 rings (SSSR count). The number of nitrogens with zero attached hydrogens (tertiary/aromatic N) is 1. The van der Waals surface area contributed by atoms with Gasteiger partial charge in [0.2, 0.25) is 6.29 Å². The average molecular weight is 492 g/mol. The Kier molecular flexibility index (Phi) is 9.47. The molecule has 1 amide bonds. The molecule has 192 valence electrons. The first-order chi connectivity index (χ1) is 16.8. The SMILES string of the molecule is CCOC(=O)/C=C(\ON=C(N)C1(NC(=O)OCc2ccccc2)CCC(CO)CC1)C1OC(C)O1. The maximum Gasteiger partial charge on any atom is 0.408 e. The van der Waals surface area contributed by atoms with Gasteiger partial charge in [-0.15, -0.1) is 0 Å². The zero-order chi connectivity index (χ0) is 25.3. The van der Waals surface area contributed by atoms with E-state index in [1.807, 2.05) is 30.3 Å². The summed E-state index contributed by atoms with van der Waals surface area (Å²) in [6.07, 6.45) is 1.09. The van der Waals surface area contributed by atoms with E-state index in [2.05, 4.69) is 10.5 Å². The highest BCUT2D eigenvalue weighted by Gasteiger charge is 2.42. The van der Waals surface area contributed by atoms with Crippen LogP contribution in [0.3, 0.4) is 0 Å². The number of carbonyl (C=O) groups excluding carboxylic acids is 2. The van der Waals surface area contributed by atoms with Gasteiger partial charge in [0.05, 0.1) is 12.7 Å². The molecule has 11 nitrogen and oxygen atoms in total. The molecule has 1 aromatic rings. The van der Waals surface area contributed by atoms with Crippen LogP contribution in [0.15, 0.2) is 47.3 Å². The third kappa shape index (κ3) is 7.41. The highest BCUT2D eigenvalue weighted by Crippen LogP contribution is 2.33. The van der Waals surface area contributed by atoms with Crippen molar-refractivity contribution in [3.8, 4) is 0 Å². The Balaban J connectivity index is 1.73. The lowest BCUT2D eigenvalue weighted by atomic mass is 9.76. The van der Waals surface area contributed by atoms with Crippen LogP contribution in [0.2, 0.25) is 0 Å². The minimum absolute atomic E-state index is 0.00678. The molecular weight excluding hydrogens is 458 g/mol. The molecule has 0 radical (unpaired) electrons. The number of esters is 1. The number of amides is 1. The van der Waals surface area contributed by atoms with Gasteiger partial charge in [-0.3, -0.25) is 0 Å². The van der Waals surface area contributed by atoms with E-state index in [0.29, 0.717) is 25.7 Å². The zero-order valence-corrected chi connectivity index (χ0v) is 20.0. The third-order valence-electron chi connectivity index (χ3n) is 5.92. The normalized spacial score (nSPS) is 26.9. The number of hydrogen-bond donors (Lipinski definition) is 3. The largest absolute Gasteiger partial charge is 0.463 e. The first kappa shape index (κ1) is 26.5. The van der Waals surface area contributed by atoms with Gasteiger partial charge < -0.3 is 39.9 Å². The summed E-state index contributed by atoms with van der Waals surface area (Å²) in [4.78, 5) is 30.0. The smallest absolute Gasteiger partial charge is 0.408 e. The molecule has 2 aliphatic rings. The highest BCUT2D eigenvalue weighted by atomic mass is 16.9. The molecule has 1 saturated carbocycles. The second-order valence-electron chi connectivity index (χ2n) is 8.43. The number of nitrogens with one attached hydrogen (secondary N) is 1. The quantitative estimate of drug-likeness (QED) is 0.112. The van der Waals surface area contributed by atoms with Crippen molar-refractivity contribution in [2.45, 2.75) is 64.3 Å². The zero-order valence-electron chi connectivity index (χ0n) is 20.0. The van der Waals surface area contributed by atoms with Crippen molar-refractivity contribution in [3.05, 3.63) is 47.7 Å². The number of rotatable bonds is 10. The molecular formula is C24H33N3O8. The molecule has 0 bridgehead atoms. The van der Waals surface area contributed by atoms with Crippen LogP contribution in [-0.2, 0) is 35.2 Å². The second kappa shape index (κ2) is 12.5. The van der Waals surface area contributed by atoms with E-state index in [1.54, 1.807) is 13.8 Å². The van der Waals surface area contributed by atoms with Crippen LogP contribution in [0.25, 0.3) is 0 Å². The van der Waals surface area contributed by atoms with Crippen LogP contribution in [0.1, 0.15) is 45.1 Å². The van der Waals surface area contributed by atoms with Gasteiger partial charge in [-0.2, -0.15) is 0 Å². The summed E-state index contributed by atoms with van der Waals surface area (Å²) in [5, 5.41) is 16.4. The molecule has 1 heterocycles. The summed E-state index contributed by atoms with van der Waals surface area (Å²) >= 11 is 0. The van der Waals surface area contributed by atoms with Crippen molar-refractivity contribution >= 4 is 17.9 Å². The van der Waals surface area contributed by atoms with Crippen molar-refractivity contribution in [2.75, 3.05) is 13.2 Å². The first-order valence-corrected chi connectivity index (χ1v) is 11.6. The molecule has 1 saturated heterocycles. The average Bonchev–Trinajstić information content (AvgIpc) is 2.84. The van der Waals surface area contributed by atoms with Crippen molar-refractivity contribution in [1.29, 1.82) is 0 Å². The number of amidine groups is 1. The lowest BCUT2D eigenvalue weighted by Crippen LogP contribution is -2.59. The molecule has 0 atom stereocenters. The van der Waals surface area contributed by atoms with Crippen LogP contribution in [0.5, 0.6) is 0 Å². The van der Waals surface area contributed by atoms with Gasteiger partial charge in [0.25, 0.3) is 0 Å². The molecule has 0 spiro atoms. The van der Waals surface area contributed by atoms with Crippen LogP contribution < -0.4 is 11.1 Å². The number of carbonyl (C=O) groups is 2. The van der Waals surface area contributed by atoms with Gasteiger partial charge in [0, 0.05) is 6.61 Å². The maximum absolute atomic E-state index is 12.7. The van der Waals surface area contributed by atoms with E-state index in [0.717, 1.165) is 11.6 Å². The fraction of sp³-hybridized carbons (Fsp3) is 0.542. The molecule has 35 heavy (non-hydrogen) atoms. The van der Waals surface area contributed by atoms with Gasteiger partial charge in [0.1, 0.15) is 12.1 Å². The number of ether oxygens (including phenoxy) is 4. The minimum Gasteiger partial charge on any atom is -0.463 e.